The second kappa shape index (κ2) is 7.73. The average molecular weight is 295 g/mol. The fraction of sp³-hybridized carbons (Fsp3) is 0.308. The summed E-state index contributed by atoms with van der Waals surface area (Å²) in [6.45, 7) is 2.47. The van der Waals surface area contributed by atoms with Gasteiger partial charge in [0.1, 0.15) is 11.3 Å². The molecule has 0 spiro atoms. The van der Waals surface area contributed by atoms with Gasteiger partial charge >= 0.3 is 12.0 Å². The molecule has 1 aromatic rings. The molecule has 114 valence electrons. The fourth-order valence-electron chi connectivity index (χ4n) is 1.54. The van der Waals surface area contributed by atoms with Crippen LogP contribution in [-0.4, -0.2) is 41.2 Å². The normalized spacial score (nSPS) is 9.76. The minimum absolute atomic E-state index is 0.150. The number of amides is 3. The lowest BCUT2D eigenvalue weighted by Gasteiger charge is -2.09. The maximum Gasteiger partial charge on any atom is 0.339 e. The Morgan fingerprint density at radius 2 is 1.90 bits per heavy atom. The molecule has 8 nitrogen and oxygen atoms in total. The Kier molecular flexibility index (Phi) is 5.99. The third-order valence-corrected chi connectivity index (χ3v) is 2.50. The van der Waals surface area contributed by atoms with Crippen molar-refractivity contribution in [2.75, 3.05) is 18.4 Å². The summed E-state index contributed by atoms with van der Waals surface area (Å²) in [7, 11) is 0. The molecule has 3 amide bonds. The van der Waals surface area contributed by atoms with Crippen LogP contribution in [0.5, 0.6) is 5.75 Å². The van der Waals surface area contributed by atoms with Crippen LogP contribution in [0.2, 0.25) is 0 Å². The van der Waals surface area contributed by atoms with E-state index >= 15 is 0 Å². The molecule has 0 aliphatic rings. The van der Waals surface area contributed by atoms with Gasteiger partial charge in [-0.3, -0.25) is 4.79 Å². The predicted octanol–water partition coefficient (Wildman–Crippen LogP) is 0.738. The predicted molar refractivity (Wildman–Crippen MR) is 75.4 cm³/mol. The maximum absolute atomic E-state index is 11.6. The Bertz CT molecular complexity index is 545. The molecule has 8 heteroatoms. The molecule has 0 fully saturated rings. The van der Waals surface area contributed by atoms with E-state index in [1.54, 1.807) is 6.92 Å². The first-order chi connectivity index (χ1) is 9.93. The number of carboxylic acid groups (broad SMARTS) is 1. The number of rotatable bonds is 6. The van der Waals surface area contributed by atoms with Crippen LogP contribution in [0.1, 0.15) is 23.7 Å². The van der Waals surface area contributed by atoms with Gasteiger partial charge in [-0.1, -0.05) is 0 Å². The van der Waals surface area contributed by atoms with Gasteiger partial charge in [0.2, 0.25) is 5.91 Å². The highest BCUT2D eigenvalue weighted by Crippen LogP contribution is 2.21. The minimum atomic E-state index is -1.30. The van der Waals surface area contributed by atoms with Crippen molar-refractivity contribution in [2.24, 2.45) is 0 Å². The van der Waals surface area contributed by atoms with Crippen molar-refractivity contribution in [2.45, 2.75) is 13.3 Å². The van der Waals surface area contributed by atoms with E-state index in [0.29, 0.717) is 6.54 Å². The molecule has 0 atom stereocenters. The lowest BCUT2D eigenvalue weighted by Crippen LogP contribution is -2.33. The summed E-state index contributed by atoms with van der Waals surface area (Å²) < 4.78 is 0. The Morgan fingerprint density at radius 1 is 1.19 bits per heavy atom. The van der Waals surface area contributed by atoms with Gasteiger partial charge in [-0.05, 0) is 25.1 Å². The Morgan fingerprint density at radius 3 is 2.52 bits per heavy atom. The number of aromatic carboxylic acids is 1. The molecule has 0 saturated carbocycles. The van der Waals surface area contributed by atoms with Gasteiger partial charge in [0.15, 0.2) is 0 Å². The number of hydrogen-bond acceptors (Lipinski definition) is 4. The van der Waals surface area contributed by atoms with Gasteiger partial charge in [-0.25, -0.2) is 9.59 Å². The maximum atomic E-state index is 11.6. The van der Waals surface area contributed by atoms with Crippen molar-refractivity contribution in [1.29, 1.82) is 0 Å². The molecule has 5 N–H and O–H groups in total. The highest BCUT2D eigenvalue weighted by Gasteiger charge is 2.11. The Labute approximate surface area is 121 Å². The summed E-state index contributed by atoms with van der Waals surface area (Å²) in [5.41, 5.74) is -0.0872. The molecular weight excluding hydrogens is 278 g/mol. The molecule has 21 heavy (non-hydrogen) atoms. The summed E-state index contributed by atoms with van der Waals surface area (Å²) in [5, 5.41) is 25.7. The van der Waals surface area contributed by atoms with Crippen molar-refractivity contribution in [1.82, 2.24) is 10.6 Å². The van der Waals surface area contributed by atoms with E-state index in [1.165, 1.54) is 12.1 Å². The van der Waals surface area contributed by atoms with Crippen molar-refractivity contribution in [3.63, 3.8) is 0 Å². The van der Waals surface area contributed by atoms with Crippen LogP contribution in [0.15, 0.2) is 18.2 Å². The molecule has 0 aliphatic carbocycles. The number of urea groups is 1. The van der Waals surface area contributed by atoms with Gasteiger partial charge in [0.25, 0.3) is 0 Å². The largest absolute Gasteiger partial charge is 0.507 e. The average Bonchev–Trinajstić information content (AvgIpc) is 2.41. The van der Waals surface area contributed by atoms with Gasteiger partial charge in [-0.2, -0.15) is 0 Å². The molecular formula is C13H17N3O5. The molecule has 1 rings (SSSR count). The Balaban J connectivity index is 2.50. The van der Waals surface area contributed by atoms with Gasteiger partial charge in [0.05, 0.1) is 0 Å². The van der Waals surface area contributed by atoms with Crippen molar-refractivity contribution in [3.05, 3.63) is 23.8 Å². The van der Waals surface area contributed by atoms with Crippen LogP contribution < -0.4 is 16.0 Å². The molecule has 1 aromatic carbocycles. The quantitative estimate of drug-likeness (QED) is 0.494. The molecule has 0 saturated heterocycles. The summed E-state index contributed by atoms with van der Waals surface area (Å²) in [5.74, 6) is -1.85. The number of carbonyl (C=O) groups excluding carboxylic acids is 2. The third kappa shape index (κ3) is 5.39. The second-order valence-electron chi connectivity index (χ2n) is 4.12. The zero-order valence-corrected chi connectivity index (χ0v) is 11.5. The van der Waals surface area contributed by atoms with Crippen molar-refractivity contribution < 1.29 is 24.6 Å². The smallest absolute Gasteiger partial charge is 0.339 e. The number of carbonyl (C=O) groups is 3. The summed E-state index contributed by atoms with van der Waals surface area (Å²) in [6, 6.07) is 3.11. The molecule has 0 heterocycles. The molecule has 0 bridgehead atoms. The first kappa shape index (κ1) is 16.3. The number of benzene rings is 1. The number of aromatic hydroxyl groups is 1. The van der Waals surface area contributed by atoms with Crippen LogP contribution in [0.25, 0.3) is 0 Å². The standard InChI is InChI=1S/C13H17N3O5/c1-2-14-11(18)5-6-15-13(21)16-8-3-4-10(17)9(7-8)12(19)20/h3-4,7,17H,2,5-6H2,1H3,(H,14,18)(H,19,20)(H2,15,16,21). The van der Waals surface area contributed by atoms with Gasteiger partial charge in [-0.15, -0.1) is 0 Å². The van der Waals surface area contributed by atoms with E-state index in [9.17, 15) is 19.5 Å². The zero-order valence-electron chi connectivity index (χ0n) is 11.5. The highest BCUT2D eigenvalue weighted by atomic mass is 16.4. The summed E-state index contributed by atoms with van der Waals surface area (Å²) in [4.78, 5) is 33.6. The molecule has 0 aromatic heterocycles. The van der Waals surface area contributed by atoms with E-state index in [2.05, 4.69) is 16.0 Å². The second-order valence-corrected chi connectivity index (χ2v) is 4.12. The number of hydrogen-bond donors (Lipinski definition) is 5. The molecule has 0 unspecified atom stereocenters. The van der Waals surface area contributed by atoms with Crippen LogP contribution in [0, 0.1) is 0 Å². The van der Waals surface area contributed by atoms with Gasteiger partial charge in [0, 0.05) is 25.2 Å². The van der Waals surface area contributed by atoms with Crippen LogP contribution in [-0.2, 0) is 4.79 Å². The number of nitrogens with one attached hydrogen (secondary N) is 3. The summed E-state index contributed by atoms with van der Waals surface area (Å²) >= 11 is 0. The fourth-order valence-corrected chi connectivity index (χ4v) is 1.54. The van der Waals surface area contributed by atoms with Crippen LogP contribution in [0.3, 0.4) is 0 Å². The van der Waals surface area contributed by atoms with Crippen molar-refractivity contribution in [3.8, 4) is 5.75 Å². The van der Waals surface area contributed by atoms with E-state index in [1.807, 2.05) is 0 Å². The SMILES string of the molecule is CCNC(=O)CCNC(=O)Nc1ccc(O)c(C(=O)O)c1. The van der Waals surface area contributed by atoms with E-state index in [4.69, 9.17) is 5.11 Å². The number of anilines is 1. The number of carboxylic acids is 1. The van der Waals surface area contributed by atoms with Crippen LogP contribution in [0.4, 0.5) is 10.5 Å². The van der Waals surface area contributed by atoms with Crippen LogP contribution >= 0.6 is 0 Å². The van der Waals surface area contributed by atoms with E-state index in [0.717, 1.165) is 6.07 Å². The zero-order chi connectivity index (χ0) is 15.8. The summed E-state index contributed by atoms with van der Waals surface area (Å²) in [6.07, 6.45) is 0.150. The lowest BCUT2D eigenvalue weighted by molar-refractivity contribution is -0.120. The monoisotopic (exact) mass is 295 g/mol. The lowest BCUT2D eigenvalue weighted by atomic mass is 10.2. The first-order valence-corrected chi connectivity index (χ1v) is 6.32. The molecule has 0 radical (unpaired) electrons. The Hall–Kier alpha value is -2.77. The number of phenols is 1. The first-order valence-electron chi connectivity index (χ1n) is 6.32. The van der Waals surface area contributed by atoms with Crippen molar-refractivity contribution >= 4 is 23.6 Å². The minimum Gasteiger partial charge on any atom is -0.507 e. The van der Waals surface area contributed by atoms with E-state index < -0.39 is 12.0 Å². The highest BCUT2D eigenvalue weighted by molar-refractivity contribution is 5.95. The third-order valence-electron chi connectivity index (χ3n) is 2.50. The van der Waals surface area contributed by atoms with Gasteiger partial charge < -0.3 is 26.2 Å². The molecule has 0 aliphatic heterocycles. The topological polar surface area (TPSA) is 128 Å². The van der Waals surface area contributed by atoms with E-state index in [-0.39, 0.29) is 35.9 Å².